The highest BCUT2D eigenvalue weighted by Gasteiger charge is 2.33. The van der Waals surface area contributed by atoms with Gasteiger partial charge in [-0.1, -0.05) is 0 Å². The highest BCUT2D eigenvalue weighted by Crippen LogP contribution is 2.04. The largest absolute Gasteiger partial charge is 0.479 e. The van der Waals surface area contributed by atoms with Crippen LogP contribution in [0.15, 0.2) is 29.6 Å². The standard InChI is InChI=1S/C12H15N3O7/c16-7(8(17)9(18)10(19)12(21)22)5-14-15-11(20)6-1-3-13-4-2-6/h1-5,7-10,16-19H,(H,15,20)(H,21,22)/t7-,8-,9+,10+/m0/s1. The zero-order valence-electron chi connectivity index (χ0n) is 11.1. The van der Waals surface area contributed by atoms with Gasteiger partial charge in [0.2, 0.25) is 0 Å². The van der Waals surface area contributed by atoms with E-state index in [4.69, 9.17) is 10.2 Å². The highest BCUT2D eigenvalue weighted by molar-refractivity contribution is 5.94. The maximum absolute atomic E-state index is 11.6. The van der Waals surface area contributed by atoms with Gasteiger partial charge in [0.05, 0.1) is 6.21 Å². The van der Waals surface area contributed by atoms with Crippen LogP contribution in [0.2, 0.25) is 0 Å². The van der Waals surface area contributed by atoms with E-state index in [-0.39, 0.29) is 5.56 Å². The van der Waals surface area contributed by atoms with Crippen molar-refractivity contribution in [2.45, 2.75) is 24.4 Å². The number of carboxylic acids is 1. The van der Waals surface area contributed by atoms with Gasteiger partial charge in [0, 0.05) is 18.0 Å². The summed E-state index contributed by atoms with van der Waals surface area (Å²) in [5, 5.41) is 49.1. The summed E-state index contributed by atoms with van der Waals surface area (Å²) >= 11 is 0. The Bertz CT molecular complexity index is 537. The van der Waals surface area contributed by atoms with Crippen LogP contribution < -0.4 is 5.43 Å². The number of amides is 1. The van der Waals surface area contributed by atoms with Gasteiger partial charge < -0.3 is 25.5 Å². The average molecular weight is 313 g/mol. The van der Waals surface area contributed by atoms with Crippen molar-refractivity contribution in [3.05, 3.63) is 30.1 Å². The van der Waals surface area contributed by atoms with Crippen molar-refractivity contribution in [3.8, 4) is 0 Å². The van der Waals surface area contributed by atoms with Crippen molar-refractivity contribution >= 4 is 18.1 Å². The second kappa shape index (κ2) is 8.14. The number of pyridine rings is 1. The number of hydrogen-bond donors (Lipinski definition) is 6. The van der Waals surface area contributed by atoms with E-state index >= 15 is 0 Å². The van der Waals surface area contributed by atoms with Crippen molar-refractivity contribution in [2.24, 2.45) is 5.10 Å². The molecule has 4 atom stereocenters. The molecule has 6 N–H and O–H groups in total. The summed E-state index contributed by atoms with van der Waals surface area (Å²) in [6, 6.07) is 2.84. The van der Waals surface area contributed by atoms with Crippen LogP contribution in [0.25, 0.3) is 0 Å². The molecule has 0 aliphatic carbocycles. The molecule has 1 amide bonds. The summed E-state index contributed by atoms with van der Waals surface area (Å²) in [6.45, 7) is 0. The van der Waals surface area contributed by atoms with Crippen molar-refractivity contribution in [1.29, 1.82) is 0 Å². The number of carboxylic acid groups (broad SMARTS) is 1. The summed E-state index contributed by atoms with van der Waals surface area (Å²) in [7, 11) is 0. The molecule has 0 unspecified atom stereocenters. The van der Waals surface area contributed by atoms with Gasteiger partial charge in [0.1, 0.15) is 18.3 Å². The molecule has 10 nitrogen and oxygen atoms in total. The normalized spacial score (nSPS) is 16.7. The average Bonchev–Trinajstić information content (AvgIpc) is 2.53. The third-order valence-corrected chi connectivity index (χ3v) is 2.61. The van der Waals surface area contributed by atoms with E-state index in [1.807, 2.05) is 5.43 Å². The molecular weight excluding hydrogens is 298 g/mol. The van der Waals surface area contributed by atoms with Gasteiger partial charge in [0.25, 0.3) is 5.91 Å². The van der Waals surface area contributed by atoms with Crippen LogP contribution in [0.5, 0.6) is 0 Å². The van der Waals surface area contributed by atoms with Crippen LogP contribution in [-0.4, -0.2) is 73.0 Å². The molecule has 1 aromatic rings. The van der Waals surface area contributed by atoms with E-state index in [1.54, 1.807) is 0 Å². The van der Waals surface area contributed by atoms with E-state index in [0.717, 1.165) is 0 Å². The first-order valence-corrected chi connectivity index (χ1v) is 6.03. The summed E-state index contributed by atoms with van der Waals surface area (Å²) in [6.07, 6.45) is -4.75. The smallest absolute Gasteiger partial charge is 0.335 e. The first-order chi connectivity index (χ1) is 10.3. The summed E-state index contributed by atoms with van der Waals surface area (Å²) in [5.41, 5.74) is 2.30. The maximum atomic E-state index is 11.6. The van der Waals surface area contributed by atoms with Gasteiger partial charge in [0.15, 0.2) is 6.10 Å². The minimum absolute atomic E-state index is 0.253. The quantitative estimate of drug-likeness (QED) is 0.233. The molecule has 1 aromatic heterocycles. The van der Waals surface area contributed by atoms with Crippen molar-refractivity contribution in [3.63, 3.8) is 0 Å². The lowest BCUT2D eigenvalue weighted by molar-refractivity contribution is -0.160. The molecule has 22 heavy (non-hydrogen) atoms. The third-order valence-electron chi connectivity index (χ3n) is 2.61. The number of carbonyl (C=O) groups is 2. The minimum atomic E-state index is -2.27. The predicted octanol–water partition coefficient (Wildman–Crippen LogP) is -2.67. The van der Waals surface area contributed by atoms with E-state index < -0.39 is 36.3 Å². The molecule has 0 bridgehead atoms. The molecule has 0 aliphatic heterocycles. The van der Waals surface area contributed by atoms with Crippen LogP contribution >= 0.6 is 0 Å². The lowest BCUT2D eigenvalue weighted by Gasteiger charge is -2.22. The van der Waals surface area contributed by atoms with Crippen molar-refractivity contribution in [1.82, 2.24) is 10.4 Å². The molecule has 0 saturated carbocycles. The molecular formula is C12H15N3O7. The Kier molecular flexibility index (Phi) is 6.53. The van der Waals surface area contributed by atoms with Crippen LogP contribution in [0.3, 0.4) is 0 Å². The van der Waals surface area contributed by atoms with Crippen molar-refractivity contribution in [2.75, 3.05) is 0 Å². The Morgan fingerprint density at radius 1 is 1.14 bits per heavy atom. The molecule has 1 rings (SSSR count). The van der Waals surface area contributed by atoms with Gasteiger partial charge in [-0.15, -0.1) is 0 Å². The number of hydrazone groups is 1. The molecule has 0 spiro atoms. The number of nitrogens with zero attached hydrogens (tertiary/aromatic N) is 2. The zero-order chi connectivity index (χ0) is 16.7. The fourth-order valence-corrected chi connectivity index (χ4v) is 1.36. The number of rotatable bonds is 7. The van der Waals surface area contributed by atoms with E-state index in [1.165, 1.54) is 24.5 Å². The molecule has 0 aliphatic rings. The zero-order valence-corrected chi connectivity index (χ0v) is 11.1. The fourth-order valence-electron chi connectivity index (χ4n) is 1.36. The Morgan fingerprint density at radius 3 is 2.27 bits per heavy atom. The van der Waals surface area contributed by atoms with Gasteiger partial charge >= 0.3 is 5.97 Å². The number of aliphatic carboxylic acids is 1. The molecule has 120 valence electrons. The van der Waals surface area contributed by atoms with Crippen molar-refractivity contribution < 1.29 is 35.1 Å². The molecule has 10 heteroatoms. The monoisotopic (exact) mass is 313 g/mol. The van der Waals surface area contributed by atoms with E-state index in [9.17, 15) is 24.9 Å². The number of nitrogens with one attached hydrogen (secondary N) is 1. The third kappa shape index (κ3) is 4.86. The van der Waals surface area contributed by atoms with Gasteiger partial charge in [-0.05, 0) is 12.1 Å². The number of aliphatic hydroxyl groups excluding tert-OH is 4. The van der Waals surface area contributed by atoms with Crippen LogP contribution in [0.4, 0.5) is 0 Å². The maximum Gasteiger partial charge on any atom is 0.335 e. The first kappa shape index (κ1) is 17.7. The summed E-state index contributed by atoms with van der Waals surface area (Å²) < 4.78 is 0. The Morgan fingerprint density at radius 2 is 1.73 bits per heavy atom. The highest BCUT2D eigenvalue weighted by atomic mass is 16.4. The lowest BCUT2D eigenvalue weighted by atomic mass is 10.0. The van der Waals surface area contributed by atoms with Gasteiger partial charge in [-0.2, -0.15) is 5.10 Å². The second-order valence-electron chi connectivity index (χ2n) is 4.21. The number of aromatic nitrogens is 1. The van der Waals surface area contributed by atoms with E-state index in [0.29, 0.717) is 6.21 Å². The minimum Gasteiger partial charge on any atom is -0.479 e. The summed E-state index contributed by atoms with van der Waals surface area (Å²) in [4.78, 5) is 25.7. The second-order valence-corrected chi connectivity index (χ2v) is 4.21. The number of hydrogen-bond acceptors (Lipinski definition) is 8. The molecule has 0 fully saturated rings. The van der Waals surface area contributed by atoms with Crippen LogP contribution in [0, 0.1) is 0 Å². The van der Waals surface area contributed by atoms with E-state index in [2.05, 4.69) is 10.1 Å². The first-order valence-electron chi connectivity index (χ1n) is 6.03. The number of aliphatic hydroxyl groups is 4. The van der Waals surface area contributed by atoms with Gasteiger partial charge in [-0.25, -0.2) is 10.2 Å². The Labute approximate surface area is 124 Å². The molecule has 1 heterocycles. The Hall–Kier alpha value is -2.40. The lowest BCUT2D eigenvalue weighted by Crippen LogP contribution is -2.48. The predicted molar refractivity (Wildman–Crippen MR) is 71.9 cm³/mol. The molecule has 0 radical (unpaired) electrons. The van der Waals surface area contributed by atoms with Crippen LogP contribution in [0.1, 0.15) is 10.4 Å². The topological polar surface area (TPSA) is 173 Å². The fraction of sp³-hybridized carbons (Fsp3) is 0.333. The SMILES string of the molecule is O=C(NN=C[C@H](O)[C@H](O)[C@@H](O)[C@@H](O)C(=O)O)c1ccncc1. The molecule has 0 saturated heterocycles. The number of carbonyl (C=O) groups excluding carboxylic acids is 1. The molecule has 0 aromatic carbocycles. The Balaban J connectivity index is 2.55. The summed E-state index contributed by atoms with van der Waals surface area (Å²) in [5.74, 6) is -2.37. The van der Waals surface area contributed by atoms with Crippen LogP contribution in [-0.2, 0) is 4.79 Å². The van der Waals surface area contributed by atoms with Gasteiger partial charge in [-0.3, -0.25) is 9.78 Å².